The zero-order valence-corrected chi connectivity index (χ0v) is 16.3. The fraction of sp³-hybridized carbons (Fsp3) is 0.167. The lowest BCUT2D eigenvalue weighted by Gasteiger charge is -2.08. The standard InChI is InChI=1S/C24H25NO3/c1-4-9-23-20(5-2)14-15-21(25-23)18-28-22-16-12-19(13-17-22)10-7-8-11-24(26)27-6-3/h4-5,7-17H,2,6,18H2,1,3H3/b9-4-,10-7+,11-8+. The maximum atomic E-state index is 11.2. The molecule has 0 fully saturated rings. The van der Waals surface area contributed by atoms with Crippen molar-refractivity contribution in [1.29, 1.82) is 0 Å². The van der Waals surface area contributed by atoms with Crippen molar-refractivity contribution in [3.05, 3.63) is 89.8 Å². The lowest BCUT2D eigenvalue weighted by atomic mass is 10.1. The molecule has 0 radical (unpaired) electrons. The summed E-state index contributed by atoms with van der Waals surface area (Å²) in [6.07, 6.45) is 12.4. The number of nitrogens with zero attached hydrogens (tertiary/aromatic N) is 1. The molecule has 1 aromatic carbocycles. The molecule has 0 unspecified atom stereocenters. The van der Waals surface area contributed by atoms with Crippen molar-refractivity contribution in [2.24, 2.45) is 0 Å². The van der Waals surface area contributed by atoms with E-state index in [-0.39, 0.29) is 5.97 Å². The summed E-state index contributed by atoms with van der Waals surface area (Å²) in [5, 5.41) is 0. The lowest BCUT2D eigenvalue weighted by molar-refractivity contribution is -0.137. The molecule has 28 heavy (non-hydrogen) atoms. The summed E-state index contributed by atoms with van der Waals surface area (Å²) in [5.74, 6) is 0.421. The molecule has 1 aromatic heterocycles. The molecule has 4 heteroatoms. The van der Waals surface area contributed by atoms with Crippen molar-refractivity contribution in [2.45, 2.75) is 20.5 Å². The van der Waals surface area contributed by atoms with Crippen LogP contribution in [0.3, 0.4) is 0 Å². The Morgan fingerprint density at radius 3 is 2.57 bits per heavy atom. The van der Waals surface area contributed by atoms with Crippen LogP contribution in [0.25, 0.3) is 18.2 Å². The Morgan fingerprint density at radius 2 is 1.89 bits per heavy atom. The van der Waals surface area contributed by atoms with Gasteiger partial charge < -0.3 is 9.47 Å². The molecule has 0 amide bonds. The number of esters is 1. The molecular formula is C24H25NO3. The molecule has 2 rings (SSSR count). The highest BCUT2D eigenvalue weighted by Crippen LogP contribution is 2.16. The van der Waals surface area contributed by atoms with Gasteiger partial charge in [0.2, 0.25) is 0 Å². The topological polar surface area (TPSA) is 48.4 Å². The summed E-state index contributed by atoms with van der Waals surface area (Å²) in [6, 6.07) is 11.6. The van der Waals surface area contributed by atoms with Gasteiger partial charge in [-0.3, -0.25) is 0 Å². The average Bonchev–Trinajstić information content (AvgIpc) is 2.71. The van der Waals surface area contributed by atoms with E-state index in [1.165, 1.54) is 6.08 Å². The highest BCUT2D eigenvalue weighted by molar-refractivity contribution is 5.82. The summed E-state index contributed by atoms with van der Waals surface area (Å²) in [4.78, 5) is 15.8. The van der Waals surface area contributed by atoms with Crippen LogP contribution >= 0.6 is 0 Å². The van der Waals surface area contributed by atoms with E-state index in [2.05, 4.69) is 11.6 Å². The molecule has 0 atom stereocenters. The van der Waals surface area contributed by atoms with E-state index in [1.54, 1.807) is 25.2 Å². The van der Waals surface area contributed by atoms with Crippen molar-refractivity contribution < 1.29 is 14.3 Å². The Hall–Kier alpha value is -3.40. The van der Waals surface area contributed by atoms with Crippen molar-refractivity contribution in [3.63, 3.8) is 0 Å². The molecule has 0 spiro atoms. The minimum absolute atomic E-state index is 0.344. The van der Waals surface area contributed by atoms with Crippen molar-refractivity contribution in [3.8, 4) is 5.75 Å². The van der Waals surface area contributed by atoms with Gasteiger partial charge in [-0.2, -0.15) is 0 Å². The second-order valence-corrected chi connectivity index (χ2v) is 5.81. The van der Waals surface area contributed by atoms with E-state index < -0.39 is 0 Å². The van der Waals surface area contributed by atoms with E-state index in [0.29, 0.717) is 13.2 Å². The Balaban J connectivity index is 1.93. The molecule has 0 aliphatic carbocycles. The molecule has 2 aromatic rings. The summed E-state index contributed by atoms with van der Waals surface area (Å²) in [7, 11) is 0. The van der Waals surface area contributed by atoms with Gasteiger partial charge in [0.1, 0.15) is 12.4 Å². The monoisotopic (exact) mass is 375 g/mol. The van der Waals surface area contributed by atoms with Gasteiger partial charge in [0.15, 0.2) is 0 Å². The predicted octanol–water partition coefficient (Wildman–Crippen LogP) is 5.47. The fourth-order valence-corrected chi connectivity index (χ4v) is 2.40. The van der Waals surface area contributed by atoms with E-state index in [0.717, 1.165) is 28.3 Å². The number of carbonyl (C=O) groups excluding carboxylic acids is 1. The molecule has 0 N–H and O–H groups in total. The Bertz CT molecular complexity index is 877. The first kappa shape index (κ1) is 20.9. The lowest BCUT2D eigenvalue weighted by Crippen LogP contribution is -2.00. The van der Waals surface area contributed by atoms with Gasteiger partial charge in [-0.05, 0) is 49.2 Å². The molecule has 4 nitrogen and oxygen atoms in total. The quantitative estimate of drug-likeness (QED) is 0.331. The minimum Gasteiger partial charge on any atom is -0.487 e. The van der Waals surface area contributed by atoms with Crippen LogP contribution in [0.2, 0.25) is 0 Å². The van der Waals surface area contributed by atoms with Gasteiger partial charge >= 0.3 is 5.97 Å². The van der Waals surface area contributed by atoms with E-state index in [1.807, 2.05) is 61.5 Å². The second kappa shape index (κ2) is 11.3. The van der Waals surface area contributed by atoms with Gasteiger partial charge in [-0.15, -0.1) is 0 Å². The highest BCUT2D eigenvalue weighted by atomic mass is 16.5. The van der Waals surface area contributed by atoms with Crippen molar-refractivity contribution in [2.75, 3.05) is 6.61 Å². The number of allylic oxidation sites excluding steroid dienone is 3. The molecule has 0 saturated carbocycles. The summed E-state index contributed by atoms with van der Waals surface area (Å²) >= 11 is 0. The first-order chi connectivity index (χ1) is 13.7. The van der Waals surface area contributed by atoms with Crippen molar-refractivity contribution in [1.82, 2.24) is 4.98 Å². The van der Waals surface area contributed by atoms with Crippen LogP contribution in [-0.4, -0.2) is 17.6 Å². The molecule has 0 aliphatic heterocycles. The van der Waals surface area contributed by atoms with Gasteiger partial charge in [0, 0.05) is 6.08 Å². The second-order valence-electron chi connectivity index (χ2n) is 5.81. The first-order valence-electron chi connectivity index (χ1n) is 9.15. The van der Waals surface area contributed by atoms with Gasteiger partial charge in [0.25, 0.3) is 0 Å². The van der Waals surface area contributed by atoms with Crippen LogP contribution in [0.15, 0.2) is 67.3 Å². The fourth-order valence-electron chi connectivity index (χ4n) is 2.40. The Labute approximate surface area is 166 Å². The predicted molar refractivity (Wildman–Crippen MR) is 115 cm³/mol. The molecule has 0 saturated heterocycles. The number of carbonyl (C=O) groups is 1. The third-order valence-electron chi connectivity index (χ3n) is 3.75. The first-order valence-corrected chi connectivity index (χ1v) is 9.15. The van der Waals surface area contributed by atoms with Crippen LogP contribution in [-0.2, 0) is 16.1 Å². The zero-order valence-electron chi connectivity index (χ0n) is 16.3. The highest BCUT2D eigenvalue weighted by Gasteiger charge is 2.02. The number of hydrogen-bond acceptors (Lipinski definition) is 4. The van der Waals surface area contributed by atoms with E-state index in [9.17, 15) is 4.79 Å². The third-order valence-corrected chi connectivity index (χ3v) is 3.75. The Kier molecular flexibility index (Phi) is 8.47. The molecule has 0 bridgehead atoms. The number of rotatable bonds is 9. The van der Waals surface area contributed by atoms with Crippen molar-refractivity contribution >= 4 is 24.2 Å². The maximum absolute atomic E-state index is 11.2. The third kappa shape index (κ3) is 6.72. The molecule has 144 valence electrons. The van der Waals surface area contributed by atoms with Gasteiger partial charge in [0.05, 0.1) is 18.0 Å². The number of aromatic nitrogens is 1. The smallest absolute Gasteiger partial charge is 0.330 e. The van der Waals surface area contributed by atoms with Crippen LogP contribution in [0, 0.1) is 0 Å². The summed E-state index contributed by atoms with van der Waals surface area (Å²) in [6.45, 7) is 8.31. The maximum Gasteiger partial charge on any atom is 0.330 e. The number of hydrogen-bond donors (Lipinski definition) is 0. The average molecular weight is 375 g/mol. The largest absolute Gasteiger partial charge is 0.487 e. The van der Waals surface area contributed by atoms with Gasteiger partial charge in [-0.1, -0.05) is 55.2 Å². The number of benzene rings is 1. The zero-order chi connectivity index (χ0) is 20.2. The SMILES string of the molecule is C=Cc1ccc(COc2ccc(/C=C/C=C/C(=O)OCC)cc2)nc1/C=C\C. The molecular weight excluding hydrogens is 350 g/mol. The van der Waals surface area contributed by atoms with E-state index >= 15 is 0 Å². The van der Waals surface area contributed by atoms with Crippen LogP contribution in [0.1, 0.15) is 36.4 Å². The molecule has 0 aliphatic rings. The Morgan fingerprint density at radius 1 is 1.11 bits per heavy atom. The summed E-state index contributed by atoms with van der Waals surface area (Å²) in [5.41, 5.74) is 3.74. The minimum atomic E-state index is -0.344. The van der Waals surface area contributed by atoms with Crippen LogP contribution in [0.4, 0.5) is 0 Å². The van der Waals surface area contributed by atoms with Crippen LogP contribution < -0.4 is 4.74 Å². The summed E-state index contributed by atoms with van der Waals surface area (Å²) < 4.78 is 10.6. The number of pyridine rings is 1. The van der Waals surface area contributed by atoms with Crippen LogP contribution in [0.5, 0.6) is 5.75 Å². The normalized spacial score (nSPS) is 11.4. The van der Waals surface area contributed by atoms with E-state index in [4.69, 9.17) is 9.47 Å². The molecule has 1 heterocycles. The van der Waals surface area contributed by atoms with Gasteiger partial charge in [-0.25, -0.2) is 9.78 Å². The number of ether oxygens (including phenoxy) is 2.